The number of aliphatic hydroxyl groups is 1. The zero-order valence-electron chi connectivity index (χ0n) is 12.8. The van der Waals surface area contributed by atoms with Crippen LogP contribution in [0.4, 0.5) is 0 Å². The number of primary amides is 1. The summed E-state index contributed by atoms with van der Waals surface area (Å²) in [7, 11) is 0. The van der Waals surface area contributed by atoms with Crippen molar-refractivity contribution in [1.82, 2.24) is 4.90 Å². The van der Waals surface area contributed by atoms with Crippen LogP contribution in [0.1, 0.15) is 31.4 Å². The quantitative estimate of drug-likeness (QED) is 0.745. The van der Waals surface area contributed by atoms with Gasteiger partial charge in [-0.25, -0.2) is 0 Å². The first-order valence-electron chi connectivity index (χ1n) is 7.21. The van der Waals surface area contributed by atoms with Crippen LogP contribution in [0, 0.1) is 17.8 Å². The van der Waals surface area contributed by atoms with Gasteiger partial charge in [-0.15, -0.1) is 0 Å². The lowest BCUT2D eigenvalue weighted by molar-refractivity contribution is -0.119. The monoisotopic (exact) mass is 288 g/mol. The van der Waals surface area contributed by atoms with E-state index in [1.807, 2.05) is 29.2 Å². The molecule has 0 aromatic heterocycles. The van der Waals surface area contributed by atoms with E-state index in [1.54, 1.807) is 0 Å². The number of hydrogen-bond acceptors (Lipinski definition) is 3. The molecule has 1 amide bonds. The Morgan fingerprint density at radius 1 is 1.38 bits per heavy atom. The Kier molecular flexibility index (Phi) is 7.52. The van der Waals surface area contributed by atoms with Crippen LogP contribution in [-0.2, 0) is 11.3 Å². The molecule has 0 saturated heterocycles. The van der Waals surface area contributed by atoms with Crippen molar-refractivity contribution in [2.45, 2.75) is 26.8 Å². The summed E-state index contributed by atoms with van der Waals surface area (Å²) in [6, 6.07) is 7.87. The molecule has 0 saturated carbocycles. The van der Waals surface area contributed by atoms with E-state index in [9.17, 15) is 4.79 Å². The van der Waals surface area contributed by atoms with Crippen LogP contribution in [0.25, 0.3) is 0 Å². The fraction of sp³-hybridized carbons (Fsp3) is 0.471. The van der Waals surface area contributed by atoms with Gasteiger partial charge >= 0.3 is 0 Å². The summed E-state index contributed by atoms with van der Waals surface area (Å²) >= 11 is 0. The number of nitrogens with two attached hydrogens (primary N) is 1. The molecule has 0 radical (unpaired) electrons. The maximum absolute atomic E-state index is 11.2. The summed E-state index contributed by atoms with van der Waals surface area (Å²) < 4.78 is 0. The summed E-state index contributed by atoms with van der Waals surface area (Å²) in [5.74, 6) is 6.15. The van der Waals surface area contributed by atoms with Crippen LogP contribution in [-0.4, -0.2) is 35.6 Å². The summed E-state index contributed by atoms with van der Waals surface area (Å²) in [4.78, 5) is 13.2. The highest BCUT2D eigenvalue weighted by molar-refractivity contribution is 5.75. The van der Waals surface area contributed by atoms with Gasteiger partial charge in [-0.3, -0.25) is 9.69 Å². The van der Waals surface area contributed by atoms with Crippen molar-refractivity contribution in [2.24, 2.45) is 11.7 Å². The van der Waals surface area contributed by atoms with Crippen molar-refractivity contribution < 1.29 is 9.90 Å². The average Bonchev–Trinajstić information content (AvgIpc) is 2.39. The highest BCUT2D eigenvalue weighted by Gasteiger charge is 2.12. The molecule has 1 rings (SSSR count). The van der Waals surface area contributed by atoms with Crippen LogP contribution >= 0.6 is 0 Å². The van der Waals surface area contributed by atoms with Crippen molar-refractivity contribution in [2.75, 3.05) is 19.7 Å². The van der Waals surface area contributed by atoms with Crippen molar-refractivity contribution in [3.63, 3.8) is 0 Å². The summed E-state index contributed by atoms with van der Waals surface area (Å²) in [6.07, 6.45) is 0.464. The number of nitrogens with zero attached hydrogens (tertiary/aromatic N) is 1. The molecule has 0 aliphatic rings. The second kappa shape index (κ2) is 9.17. The van der Waals surface area contributed by atoms with Gasteiger partial charge in [-0.2, -0.15) is 0 Å². The number of hydrogen-bond donors (Lipinski definition) is 2. The lowest BCUT2D eigenvalue weighted by Crippen LogP contribution is -2.35. The first kappa shape index (κ1) is 17.2. The van der Waals surface area contributed by atoms with Gasteiger partial charge in [0.25, 0.3) is 0 Å². The van der Waals surface area contributed by atoms with Crippen LogP contribution in [0.15, 0.2) is 24.3 Å². The average molecular weight is 288 g/mol. The van der Waals surface area contributed by atoms with Crippen LogP contribution in [0.3, 0.4) is 0 Å². The maximum atomic E-state index is 11.2. The Labute approximate surface area is 127 Å². The largest absolute Gasteiger partial charge is 0.395 e. The molecule has 0 unspecified atom stereocenters. The number of aliphatic hydroxyl groups excluding tert-OH is 1. The topological polar surface area (TPSA) is 66.6 Å². The highest BCUT2D eigenvalue weighted by Crippen LogP contribution is 2.12. The molecule has 4 nitrogen and oxygen atoms in total. The fourth-order valence-corrected chi connectivity index (χ4v) is 2.16. The molecule has 3 N–H and O–H groups in total. The number of amides is 1. The zero-order chi connectivity index (χ0) is 15.7. The third kappa shape index (κ3) is 6.94. The van der Waals surface area contributed by atoms with Gasteiger partial charge in [0.05, 0.1) is 13.2 Å². The predicted octanol–water partition coefficient (Wildman–Crippen LogP) is 1.36. The van der Waals surface area contributed by atoms with E-state index < -0.39 is 0 Å². The third-order valence-corrected chi connectivity index (χ3v) is 2.87. The minimum Gasteiger partial charge on any atom is -0.395 e. The van der Waals surface area contributed by atoms with Crippen LogP contribution in [0.2, 0.25) is 0 Å². The van der Waals surface area contributed by atoms with E-state index in [-0.39, 0.29) is 19.1 Å². The summed E-state index contributed by atoms with van der Waals surface area (Å²) in [5.41, 5.74) is 7.33. The fourth-order valence-electron chi connectivity index (χ4n) is 2.16. The highest BCUT2D eigenvalue weighted by atomic mass is 16.2. The van der Waals surface area contributed by atoms with E-state index >= 15 is 0 Å². The standard InChI is InChI=1S/C17H24N2O2/c1-14(2)11-19(13-17(18)21)12-16-9-4-3-7-15(16)8-5-6-10-20/h3-4,7,9,14,20H,6,10-13H2,1-2H3,(H2,18,21). The predicted molar refractivity (Wildman–Crippen MR) is 84.3 cm³/mol. The molecule has 0 spiro atoms. The molecule has 0 atom stereocenters. The minimum absolute atomic E-state index is 0.0658. The number of rotatable bonds is 7. The Morgan fingerprint density at radius 3 is 2.71 bits per heavy atom. The van der Waals surface area contributed by atoms with E-state index in [0.29, 0.717) is 18.9 Å². The van der Waals surface area contributed by atoms with Gasteiger partial charge in [-0.1, -0.05) is 43.9 Å². The van der Waals surface area contributed by atoms with Gasteiger partial charge in [0, 0.05) is 25.1 Å². The lowest BCUT2D eigenvalue weighted by atomic mass is 10.1. The number of benzene rings is 1. The normalized spacial score (nSPS) is 10.5. The Morgan fingerprint density at radius 2 is 2.10 bits per heavy atom. The van der Waals surface area contributed by atoms with Crippen molar-refractivity contribution in [3.05, 3.63) is 35.4 Å². The maximum Gasteiger partial charge on any atom is 0.231 e. The molecule has 1 aromatic rings. The summed E-state index contributed by atoms with van der Waals surface area (Å²) in [5, 5.41) is 8.80. The molecule has 0 fully saturated rings. The van der Waals surface area contributed by atoms with Crippen molar-refractivity contribution in [1.29, 1.82) is 0 Å². The van der Waals surface area contributed by atoms with E-state index in [1.165, 1.54) is 0 Å². The van der Waals surface area contributed by atoms with Crippen molar-refractivity contribution in [3.8, 4) is 11.8 Å². The molecule has 1 aromatic carbocycles. The molecular formula is C17H24N2O2. The van der Waals surface area contributed by atoms with E-state index in [0.717, 1.165) is 17.7 Å². The molecule has 4 heteroatoms. The second-order valence-corrected chi connectivity index (χ2v) is 5.46. The first-order chi connectivity index (χ1) is 10.0. The molecule has 0 heterocycles. The van der Waals surface area contributed by atoms with E-state index in [2.05, 4.69) is 25.7 Å². The van der Waals surface area contributed by atoms with Gasteiger partial charge in [-0.05, 0) is 17.5 Å². The van der Waals surface area contributed by atoms with E-state index in [4.69, 9.17) is 10.8 Å². The smallest absolute Gasteiger partial charge is 0.231 e. The van der Waals surface area contributed by atoms with Gasteiger partial charge in [0.15, 0.2) is 0 Å². The van der Waals surface area contributed by atoms with Crippen LogP contribution in [0.5, 0.6) is 0 Å². The minimum atomic E-state index is -0.320. The molecular weight excluding hydrogens is 264 g/mol. The second-order valence-electron chi connectivity index (χ2n) is 5.46. The number of carbonyl (C=O) groups is 1. The molecule has 0 aliphatic heterocycles. The molecule has 114 valence electrons. The number of carbonyl (C=O) groups excluding carboxylic acids is 1. The van der Waals surface area contributed by atoms with Gasteiger partial charge in [0.1, 0.15) is 0 Å². The summed E-state index contributed by atoms with van der Waals surface area (Å²) in [6.45, 7) is 5.99. The third-order valence-electron chi connectivity index (χ3n) is 2.87. The Bertz CT molecular complexity index is 515. The zero-order valence-corrected chi connectivity index (χ0v) is 12.8. The van der Waals surface area contributed by atoms with Crippen molar-refractivity contribution >= 4 is 5.91 Å². The molecule has 21 heavy (non-hydrogen) atoms. The van der Waals surface area contributed by atoms with Gasteiger partial charge < -0.3 is 10.8 Å². The lowest BCUT2D eigenvalue weighted by Gasteiger charge is -2.23. The van der Waals surface area contributed by atoms with Gasteiger partial charge in [0.2, 0.25) is 5.91 Å². The van der Waals surface area contributed by atoms with Crippen LogP contribution < -0.4 is 5.73 Å². The first-order valence-corrected chi connectivity index (χ1v) is 7.21. The Balaban J connectivity index is 2.87. The molecule has 0 bridgehead atoms. The Hall–Kier alpha value is -1.83. The molecule has 0 aliphatic carbocycles. The SMILES string of the molecule is CC(C)CN(CC(N)=O)Cc1ccccc1C#CCCO.